The van der Waals surface area contributed by atoms with Crippen LogP contribution in [0, 0.1) is 13.8 Å². The second-order valence-electron chi connectivity index (χ2n) is 6.60. The summed E-state index contributed by atoms with van der Waals surface area (Å²) in [5.74, 6) is 0.232. The molecule has 0 fully saturated rings. The number of benzene rings is 3. The number of halogens is 2. The number of nitrogens with one attached hydrogen (secondary N) is 1. The molecule has 4 rings (SSSR count). The highest BCUT2D eigenvalue weighted by atomic mass is 35.5. The first-order chi connectivity index (χ1) is 13.4. The minimum Gasteiger partial charge on any atom is -0.436 e. The van der Waals surface area contributed by atoms with E-state index in [9.17, 15) is 4.79 Å². The molecule has 1 N–H and O–H groups in total. The lowest BCUT2D eigenvalue weighted by atomic mass is 10.1. The molecule has 1 heterocycles. The van der Waals surface area contributed by atoms with E-state index in [1.807, 2.05) is 32.0 Å². The summed E-state index contributed by atoms with van der Waals surface area (Å²) in [6.45, 7) is 3.92. The summed E-state index contributed by atoms with van der Waals surface area (Å²) in [5, 5.41) is 3.92. The first-order valence-electron chi connectivity index (χ1n) is 8.65. The lowest BCUT2D eigenvalue weighted by molar-refractivity contribution is 0.102. The summed E-state index contributed by atoms with van der Waals surface area (Å²) in [5.41, 5.74) is 5.21. The van der Waals surface area contributed by atoms with Crippen molar-refractivity contribution >= 4 is 45.9 Å². The fourth-order valence-corrected chi connectivity index (χ4v) is 3.54. The van der Waals surface area contributed by atoms with E-state index in [1.54, 1.807) is 36.4 Å². The van der Waals surface area contributed by atoms with Crippen LogP contribution in [0.1, 0.15) is 21.5 Å². The number of hydrogen-bond donors (Lipinski definition) is 1. The van der Waals surface area contributed by atoms with Gasteiger partial charge in [0.05, 0.1) is 10.6 Å². The Labute approximate surface area is 172 Å². The molecule has 0 saturated carbocycles. The van der Waals surface area contributed by atoms with Crippen LogP contribution in [0.15, 0.2) is 59.0 Å². The molecule has 0 aliphatic rings. The summed E-state index contributed by atoms with van der Waals surface area (Å²) in [7, 11) is 0. The number of hydrogen-bond acceptors (Lipinski definition) is 3. The minimum absolute atomic E-state index is 0.165. The average molecular weight is 411 g/mol. The summed E-state index contributed by atoms with van der Waals surface area (Å²) in [4.78, 5) is 17.1. The van der Waals surface area contributed by atoms with Crippen LogP contribution in [-0.4, -0.2) is 10.9 Å². The maximum atomic E-state index is 12.6. The monoisotopic (exact) mass is 410 g/mol. The van der Waals surface area contributed by atoms with Gasteiger partial charge in [-0.15, -0.1) is 0 Å². The lowest BCUT2D eigenvalue weighted by Gasteiger charge is -2.08. The standard InChI is InChI=1S/C22H16Cl2N2O2/c1-12-3-6-16(13(2)9-12)21(27)25-15-5-8-20-19(11-15)26-22(28-20)17-7-4-14(23)10-18(17)24/h3-11H,1-2H3,(H,25,27). The molecule has 0 aliphatic carbocycles. The van der Waals surface area contributed by atoms with Crippen LogP contribution in [0.25, 0.3) is 22.6 Å². The minimum atomic E-state index is -0.165. The number of aryl methyl sites for hydroxylation is 2. The van der Waals surface area contributed by atoms with Crippen LogP contribution in [0.2, 0.25) is 10.0 Å². The van der Waals surface area contributed by atoms with Crippen LogP contribution >= 0.6 is 23.2 Å². The zero-order valence-electron chi connectivity index (χ0n) is 15.2. The van der Waals surface area contributed by atoms with E-state index in [4.69, 9.17) is 27.6 Å². The Morgan fingerprint density at radius 2 is 1.82 bits per heavy atom. The molecule has 0 radical (unpaired) electrons. The fourth-order valence-electron chi connectivity index (χ4n) is 3.05. The summed E-state index contributed by atoms with van der Waals surface area (Å²) < 4.78 is 5.80. The van der Waals surface area contributed by atoms with Gasteiger partial charge < -0.3 is 9.73 Å². The van der Waals surface area contributed by atoms with Crippen molar-refractivity contribution in [2.24, 2.45) is 0 Å². The van der Waals surface area contributed by atoms with Gasteiger partial charge in [-0.1, -0.05) is 40.9 Å². The van der Waals surface area contributed by atoms with E-state index < -0.39 is 0 Å². The van der Waals surface area contributed by atoms with Gasteiger partial charge in [-0.25, -0.2) is 4.98 Å². The number of carbonyl (C=O) groups is 1. The Kier molecular flexibility index (Phi) is 4.84. The zero-order valence-corrected chi connectivity index (χ0v) is 16.7. The molecule has 0 bridgehead atoms. The maximum Gasteiger partial charge on any atom is 0.255 e. The molecule has 4 nitrogen and oxygen atoms in total. The lowest BCUT2D eigenvalue weighted by Crippen LogP contribution is -2.13. The Balaban J connectivity index is 1.64. The number of carbonyl (C=O) groups excluding carboxylic acids is 1. The first-order valence-corrected chi connectivity index (χ1v) is 9.41. The third-order valence-electron chi connectivity index (χ3n) is 4.43. The van der Waals surface area contributed by atoms with Crippen molar-refractivity contribution in [3.63, 3.8) is 0 Å². The number of aromatic nitrogens is 1. The van der Waals surface area contributed by atoms with Gasteiger partial charge in [0, 0.05) is 16.3 Å². The van der Waals surface area contributed by atoms with Gasteiger partial charge in [0.15, 0.2) is 5.58 Å². The van der Waals surface area contributed by atoms with Crippen LogP contribution in [0.3, 0.4) is 0 Å². The molecule has 4 aromatic rings. The quantitative estimate of drug-likeness (QED) is 0.410. The Morgan fingerprint density at radius 1 is 1.00 bits per heavy atom. The normalized spacial score (nSPS) is 11.0. The van der Waals surface area contributed by atoms with E-state index in [0.717, 1.165) is 11.1 Å². The van der Waals surface area contributed by atoms with Crippen LogP contribution < -0.4 is 5.32 Å². The van der Waals surface area contributed by atoms with Crippen molar-refractivity contribution in [2.45, 2.75) is 13.8 Å². The van der Waals surface area contributed by atoms with E-state index in [1.165, 1.54) is 0 Å². The topological polar surface area (TPSA) is 55.1 Å². The van der Waals surface area contributed by atoms with E-state index in [2.05, 4.69) is 10.3 Å². The molecule has 140 valence electrons. The molecule has 0 atom stereocenters. The van der Waals surface area contributed by atoms with Crippen molar-refractivity contribution in [3.8, 4) is 11.5 Å². The van der Waals surface area contributed by atoms with Crippen molar-refractivity contribution < 1.29 is 9.21 Å². The van der Waals surface area contributed by atoms with Crippen LogP contribution in [0.5, 0.6) is 0 Å². The van der Waals surface area contributed by atoms with Crippen molar-refractivity contribution in [1.82, 2.24) is 4.98 Å². The van der Waals surface area contributed by atoms with Crippen LogP contribution in [0.4, 0.5) is 5.69 Å². The zero-order chi connectivity index (χ0) is 19.8. The summed E-state index contributed by atoms with van der Waals surface area (Å²) in [6, 6.07) is 16.2. The van der Waals surface area contributed by atoms with Crippen molar-refractivity contribution in [3.05, 3.63) is 81.3 Å². The van der Waals surface area contributed by atoms with Gasteiger partial charge in [-0.05, 0) is 61.9 Å². The summed E-state index contributed by atoms with van der Waals surface area (Å²) >= 11 is 12.2. The second kappa shape index (κ2) is 7.30. The number of fused-ring (bicyclic) bond motifs is 1. The number of rotatable bonds is 3. The Bertz CT molecular complexity index is 1210. The molecule has 1 amide bonds. The van der Waals surface area contributed by atoms with Gasteiger partial charge in [0.2, 0.25) is 5.89 Å². The number of anilines is 1. The molecule has 3 aromatic carbocycles. The van der Waals surface area contributed by atoms with Gasteiger partial charge in [0.25, 0.3) is 5.91 Å². The smallest absolute Gasteiger partial charge is 0.255 e. The molecule has 6 heteroatoms. The molecule has 28 heavy (non-hydrogen) atoms. The Hall–Kier alpha value is -2.82. The molecule has 0 saturated heterocycles. The van der Waals surface area contributed by atoms with Gasteiger partial charge in [-0.2, -0.15) is 0 Å². The highest BCUT2D eigenvalue weighted by molar-refractivity contribution is 6.36. The molecule has 0 unspecified atom stereocenters. The first kappa shape index (κ1) is 18.5. The molecule has 1 aromatic heterocycles. The predicted molar refractivity (Wildman–Crippen MR) is 113 cm³/mol. The van der Waals surface area contributed by atoms with Gasteiger partial charge >= 0.3 is 0 Å². The third kappa shape index (κ3) is 3.61. The SMILES string of the molecule is Cc1ccc(C(=O)Nc2ccc3oc(-c4ccc(Cl)cc4Cl)nc3c2)c(C)c1. The Morgan fingerprint density at radius 3 is 2.57 bits per heavy atom. The molecule has 0 spiro atoms. The van der Waals surface area contributed by atoms with E-state index in [0.29, 0.717) is 43.9 Å². The molecular weight excluding hydrogens is 395 g/mol. The van der Waals surface area contributed by atoms with Crippen LogP contribution in [-0.2, 0) is 0 Å². The highest BCUT2D eigenvalue weighted by Gasteiger charge is 2.14. The number of amides is 1. The van der Waals surface area contributed by atoms with Gasteiger partial charge in [0.1, 0.15) is 5.52 Å². The maximum absolute atomic E-state index is 12.6. The van der Waals surface area contributed by atoms with E-state index in [-0.39, 0.29) is 5.91 Å². The summed E-state index contributed by atoms with van der Waals surface area (Å²) in [6.07, 6.45) is 0. The van der Waals surface area contributed by atoms with Gasteiger partial charge in [-0.3, -0.25) is 4.79 Å². The second-order valence-corrected chi connectivity index (χ2v) is 7.44. The van der Waals surface area contributed by atoms with Crippen molar-refractivity contribution in [2.75, 3.05) is 5.32 Å². The molecular formula is C22H16Cl2N2O2. The number of oxazole rings is 1. The largest absolute Gasteiger partial charge is 0.436 e. The predicted octanol–water partition coefficient (Wildman–Crippen LogP) is 6.67. The molecule has 0 aliphatic heterocycles. The highest BCUT2D eigenvalue weighted by Crippen LogP contribution is 2.32. The third-order valence-corrected chi connectivity index (χ3v) is 4.98. The number of nitrogens with zero attached hydrogens (tertiary/aromatic N) is 1. The van der Waals surface area contributed by atoms with E-state index >= 15 is 0 Å². The van der Waals surface area contributed by atoms with Crippen molar-refractivity contribution in [1.29, 1.82) is 0 Å². The average Bonchev–Trinajstić information content (AvgIpc) is 3.04. The fraction of sp³-hybridized carbons (Fsp3) is 0.0909.